The number of likely N-dealkylation sites (N-methyl/N-ethyl adjacent to an activating group) is 1. The average molecular weight is 399 g/mol. The molecule has 0 aliphatic heterocycles. The van der Waals surface area contributed by atoms with E-state index < -0.39 is 0 Å². The number of rotatable bonds is 8. The van der Waals surface area contributed by atoms with Crippen LogP contribution in [0.4, 0.5) is 0 Å². The maximum atomic E-state index is 11.9. The summed E-state index contributed by atoms with van der Waals surface area (Å²) in [7, 11) is 0. The molecule has 2 aromatic rings. The second-order valence-corrected chi connectivity index (χ2v) is 6.84. The first-order chi connectivity index (χ1) is 13.5. The summed E-state index contributed by atoms with van der Waals surface area (Å²) in [5.74, 6) is 5.88. The molecule has 2 aromatic carbocycles. The smallest absolute Gasteiger partial charge is 0.296 e. The van der Waals surface area contributed by atoms with Gasteiger partial charge in [0.05, 0.1) is 5.02 Å². The zero-order valence-corrected chi connectivity index (χ0v) is 17.5. The van der Waals surface area contributed by atoms with Gasteiger partial charge in [-0.1, -0.05) is 49.6 Å². The summed E-state index contributed by atoms with van der Waals surface area (Å²) in [6.45, 7) is 10.3. The molecular formula is C23H27ClN2O2. The van der Waals surface area contributed by atoms with E-state index in [4.69, 9.17) is 16.3 Å². The molecule has 0 heterocycles. The molecule has 0 atom stereocenters. The number of carbonyl (C=O) groups is 1. The van der Waals surface area contributed by atoms with Crippen LogP contribution in [-0.4, -0.2) is 37.0 Å². The van der Waals surface area contributed by atoms with Gasteiger partial charge in [-0.15, -0.1) is 0 Å². The summed E-state index contributed by atoms with van der Waals surface area (Å²) in [6.07, 6.45) is 0. The highest BCUT2D eigenvalue weighted by Crippen LogP contribution is 2.16. The molecule has 0 radical (unpaired) electrons. The summed E-state index contributed by atoms with van der Waals surface area (Å²) in [5.41, 5.74) is 2.69. The fourth-order valence-corrected chi connectivity index (χ4v) is 2.89. The monoisotopic (exact) mass is 398 g/mol. The lowest BCUT2D eigenvalue weighted by Gasteiger charge is -2.18. The molecule has 2 rings (SSSR count). The zero-order chi connectivity index (χ0) is 20.4. The van der Waals surface area contributed by atoms with Crippen molar-refractivity contribution in [2.75, 3.05) is 26.2 Å². The molecule has 148 valence electrons. The number of hydrogen-bond acceptors (Lipinski definition) is 3. The van der Waals surface area contributed by atoms with Gasteiger partial charge in [0.25, 0.3) is 5.91 Å². The Morgan fingerprint density at radius 3 is 2.50 bits per heavy atom. The molecule has 0 fully saturated rings. The van der Waals surface area contributed by atoms with Gasteiger partial charge in [-0.25, -0.2) is 0 Å². The van der Waals surface area contributed by atoms with Crippen molar-refractivity contribution in [1.82, 2.24) is 10.2 Å². The zero-order valence-electron chi connectivity index (χ0n) is 16.7. The van der Waals surface area contributed by atoms with Crippen molar-refractivity contribution in [1.29, 1.82) is 0 Å². The number of hydrogen-bond donors (Lipinski definition) is 1. The number of halogens is 1. The van der Waals surface area contributed by atoms with Crippen LogP contribution in [0.25, 0.3) is 0 Å². The Hall–Kier alpha value is -2.48. The van der Waals surface area contributed by atoms with Crippen LogP contribution in [0.3, 0.4) is 0 Å². The van der Waals surface area contributed by atoms with Gasteiger partial charge < -0.3 is 15.0 Å². The van der Waals surface area contributed by atoms with E-state index >= 15 is 0 Å². The van der Waals surface area contributed by atoms with Crippen molar-refractivity contribution in [3.8, 4) is 17.6 Å². The second-order valence-electron chi connectivity index (χ2n) is 6.44. The summed E-state index contributed by atoms with van der Waals surface area (Å²) in [5, 5.41) is 3.34. The molecule has 1 amide bonds. The predicted octanol–water partition coefficient (Wildman–Crippen LogP) is 4.04. The molecule has 0 aliphatic carbocycles. The Morgan fingerprint density at radius 1 is 1.14 bits per heavy atom. The van der Waals surface area contributed by atoms with E-state index in [1.54, 1.807) is 0 Å². The number of nitrogens with zero attached hydrogens (tertiary/aromatic N) is 1. The van der Waals surface area contributed by atoms with Crippen LogP contribution < -0.4 is 10.1 Å². The van der Waals surface area contributed by atoms with Crippen molar-refractivity contribution in [3.63, 3.8) is 0 Å². The summed E-state index contributed by atoms with van der Waals surface area (Å²) in [6, 6.07) is 13.3. The van der Waals surface area contributed by atoms with Crippen LogP contribution in [-0.2, 0) is 11.3 Å². The molecule has 0 aliphatic rings. The van der Waals surface area contributed by atoms with Gasteiger partial charge in [0.1, 0.15) is 12.4 Å². The third kappa shape index (κ3) is 7.26. The Balaban J connectivity index is 1.80. The van der Waals surface area contributed by atoms with Crippen molar-refractivity contribution in [2.45, 2.75) is 27.3 Å². The lowest BCUT2D eigenvalue weighted by atomic mass is 10.1. The average Bonchev–Trinajstić information content (AvgIpc) is 2.70. The minimum absolute atomic E-state index is 0.337. The molecule has 0 unspecified atom stereocenters. The number of amides is 1. The first kappa shape index (κ1) is 21.8. The van der Waals surface area contributed by atoms with Gasteiger partial charge in [0.2, 0.25) is 0 Å². The fourth-order valence-electron chi connectivity index (χ4n) is 2.61. The lowest BCUT2D eigenvalue weighted by molar-refractivity contribution is -0.115. The molecule has 0 bridgehead atoms. The lowest BCUT2D eigenvalue weighted by Crippen LogP contribution is -2.27. The highest BCUT2D eigenvalue weighted by atomic mass is 35.5. The van der Waals surface area contributed by atoms with Gasteiger partial charge in [-0.05, 0) is 55.4 Å². The SMILES string of the molecule is CCN(CC)CCOc1ccc(CNC(=O)C#Cc2ccc(C)cc2Cl)cc1. The molecule has 0 saturated carbocycles. The highest BCUT2D eigenvalue weighted by Gasteiger charge is 2.02. The van der Waals surface area contributed by atoms with Crippen molar-refractivity contribution in [2.24, 2.45) is 0 Å². The van der Waals surface area contributed by atoms with E-state index in [0.717, 1.165) is 36.5 Å². The van der Waals surface area contributed by atoms with Crippen LogP contribution in [0.1, 0.15) is 30.5 Å². The fraction of sp³-hybridized carbons (Fsp3) is 0.348. The highest BCUT2D eigenvalue weighted by molar-refractivity contribution is 6.31. The molecule has 5 heteroatoms. The molecule has 28 heavy (non-hydrogen) atoms. The van der Waals surface area contributed by atoms with Crippen LogP contribution in [0.2, 0.25) is 5.02 Å². The standard InChI is InChI=1S/C23H27ClN2O2/c1-4-26(5-2)14-15-28-21-11-7-19(8-12-21)17-25-23(27)13-10-20-9-6-18(3)16-22(20)24/h6-9,11-12,16H,4-5,14-15,17H2,1-3H3,(H,25,27). The molecule has 0 aromatic heterocycles. The Labute approximate surface area is 172 Å². The van der Waals surface area contributed by atoms with Crippen molar-refractivity contribution < 1.29 is 9.53 Å². The Bertz CT molecular complexity index is 834. The summed E-state index contributed by atoms with van der Waals surface area (Å²) in [4.78, 5) is 14.3. The first-order valence-electron chi connectivity index (χ1n) is 9.52. The van der Waals surface area contributed by atoms with Gasteiger partial charge in [-0.3, -0.25) is 4.79 Å². The Morgan fingerprint density at radius 2 is 1.86 bits per heavy atom. The third-order valence-electron chi connectivity index (χ3n) is 4.38. The van der Waals surface area contributed by atoms with Crippen LogP contribution >= 0.6 is 11.6 Å². The van der Waals surface area contributed by atoms with Crippen molar-refractivity contribution in [3.05, 3.63) is 64.2 Å². The number of ether oxygens (including phenoxy) is 1. The van der Waals surface area contributed by atoms with Crippen LogP contribution in [0.5, 0.6) is 5.75 Å². The topological polar surface area (TPSA) is 41.6 Å². The summed E-state index contributed by atoms with van der Waals surface area (Å²) < 4.78 is 5.76. The maximum absolute atomic E-state index is 11.9. The summed E-state index contributed by atoms with van der Waals surface area (Å²) >= 11 is 6.12. The molecular weight excluding hydrogens is 372 g/mol. The quantitative estimate of drug-likeness (QED) is 0.682. The van der Waals surface area contributed by atoms with E-state index in [1.165, 1.54) is 0 Å². The van der Waals surface area contributed by atoms with Crippen LogP contribution in [0, 0.1) is 18.8 Å². The van der Waals surface area contributed by atoms with E-state index in [1.807, 2.05) is 49.4 Å². The Kier molecular flexibility index (Phi) is 8.87. The minimum atomic E-state index is -0.337. The minimum Gasteiger partial charge on any atom is -0.492 e. The largest absolute Gasteiger partial charge is 0.492 e. The number of carbonyl (C=O) groups excluding carboxylic acids is 1. The normalized spacial score (nSPS) is 10.3. The van der Waals surface area contributed by atoms with E-state index in [9.17, 15) is 4.79 Å². The van der Waals surface area contributed by atoms with Gasteiger partial charge in [-0.2, -0.15) is 0 Å². The third-order valence-corrected chi connectivity index (χ3v) is 4.70. The van der Waals surface area contributed by atoms with E-state index in [2.05, 4.69) is 35.9 Å². The van der Waals surface area contributed by atoms with Gasteiger partial charge >= 0.3 is 0 Å². The number of aryl methyl sites for hydroxylation is 1. The number of benzene rings is 2. The van der Waals surface area contributed by atoms with Gasteiger partial charge in [0, 0.05) is 24.6 Å². The number of nitrogens with one attached hydrogen (secondary N) is 1. The van der Waals surface area contributed by atoms with E-state index in [0.29, 0.717) is 23.7 Å². The second kappa shape index (κ2) is 11.4. The predicted molar refractivity (Wildman–Crippen MR) is 115 cm³/mol. The molecule has 0 spiro atoms. The molecule has 4 nitrogen and oxygen atoms in total. The van der Waals surface area contributed by atoms with Gasteiger partial charge in [0.15, 0.2) is 0 Å². The van der Waals surface area contributed by atoms with E-state index in [-0.39, 0.29) is 5.91 Å². The van der Waals surface area contributed by atoms with Crippen molar-refractivity contribution >= 4 is 17.5 Å². The first-order valence-corrected chi connectivity index (χ1v) is 9.89. The maximum Gasteiger partial charge on any atom is 0.296 e. The van der Waals surface area contributed by atoms with Crippen LogP contribution in [0.15, 0.2) is 42.5 Å². The molecule has 0 saturated heterocycles. The molecule has 1 N–H and O–H groups in total.